The molecule has 0 radical (unpaired) electrons. The van der Waals surface area contributed by atoms with Crippen LogP contribution in [-0.4, -0.2) is 9.97 Å². The van der Waals surface area contributed by atoms with E-state index in [0.717, 1.165) is 53.5 Å². The molecular formula is C35H30N2O. The first-order chi connectivity index (χ1) is 18.7. The number of fused-ring (bicyclic) bond motifs is 9. The molecule has 0 amide bonds. The molecule has 3 nitrogen and oxygen atoms in total. The highest BCUT2D eigenvalue weighted by Crippen LogP contribution is 2.62. The van der Waals surface area contributed by atoms with E-state index in [1.54, 1.807) is 0 Å². The molecule has 0 fully saturated rings. The van der Waals surface area contributed by atoms with Crippen LogP contribution in [0.15, 0.2) is 91.0 Å². The van der Waals surface area contributed by atoms with Crippen molar-refractivity contribution >= 4 is 0 Å². The topological polar surface area (TPSA) is 35.0 Å². The molecule has 7 rings (SSSR count). The molecule has 1 aliphatic heterocycles. The molecular weight excluding hydrogens is 464 g/mol. The third kappa shape index (κ3) is 3.02. The smallest absolute Gasteiger partial charge is 0.132 e. The Hall–Kier alpha value is -4.24. The Morgan fingerprint density at radius 2 is 1.24 bits per heavy atom. The number of hydrogen-bond acceptors (Lipinski definition) is 3. The molecule has 38 heavy (non-hydrogen) atoms. The van der Waals surface area contributed by atoms with Crippen molar-refractivity contribution in [3.05, 3.63) is 130 Å². The van der Waals surface area contributed by atoms with Crippen molar-refractivity contribution in [1.29, 1.82) is 0 Å². The number of hydrogen-bond donors (Lipinski definition) is 0. The molecule has 0 saturated heterocycles. The number of ether oxygens (including phenoxy) is 1. The second kappa shape index (κ2) is 8.66. The van der Waals surface area contributed by atoms with E-state index in [1.165, 1.54) is 38.9 Å². The molecule has 2 heterocycles. The predicted molar refractivity (Wildman–Crippen MR) is 153 cm³/mol. The van der Waals surface area contributed by atoms with Crippen LogP contribution in [0.3, 0.4) is 0 Å². The van der Waals surface area contributed by atoms with Gasteiger partial charge in [-0.2, -0.15) is 0 Å². The van der Waals surface area contributed by atoms with Crippen molar-refractivity contribution < 1.29 is 4.74 Å². The second-order valence-electron chi connectivity index (χ2n) is 10.1. The number of benzene rings is 4. The maximum atomic E-state index is 6.60. The average molecular weight is 495 g/mol. The van der Waals surface area contributed by atoms with Gasteiger partial charge in [-0.1, -0.05) is 87.5 Å². The fraction of sp³-hybridized carbons (Fsp3) is 0.200. The van der Waals surface area contributed by atoms with E-state index in [1.807, 2.05) is 0 Å². The van der Waals surface area contributed by atoms with Crippen LogP contribution in [-0.2, 0) is 24.7 Å². The minimum Gasteiger partial charge on any atom is -0.457 e. The summed E-state index contributed by atoms with van der Waals surface area (Å²) in [6, 6.07) is 32.9. The van der Waals surface area contributed by atoms with Crippen molar-refractivity contribution in [2.24, 2.45) is 0 Å². The normalized spacial score (nSPS) is 13.9. The number of rotatable bonds is 4. The Bertz CT molecular complexity index is 1670. The Morgan fingerprint density at radius 1 is 0.605 bits per heavy atom. The summed E-state index contributed by atoms with van der Waals surface area (Å²) in [5.74, 6) is 2.72. The number of aryl methyl sites for hydroxylation is 2. The summed E-state index contributed by atoms with van der Waals surface area (Å²) >= 11 is 0. The highest BCUT2D eigenvalue weighted by molar-refractivity contribution is 5.89. The molecule has 5 aromatic rings. The van der Waals surface area contributed by atoms with E-state index < -0.39 is 5.41 Å². The zero-order valence-corrected chi connectivity index (χ0v) is 22.1. The van der Waals surface area contributed by atoms with Gasteiger partial charge in [0.15, 0.2) is 0 Å². The standard InChI is InChI=1S/C35H30N2O/c1-4-23-30(5-2)36-33(6-3)37-34(23)22-19-20-32-29(21-22)35(28-17-11-12-18-31(28)38-32)26-15-9-7-13-24(26)25-14-8-10-16-27(25)35/h7-21H,4-6H2,1-3H3. The van der Waals surface area contributed by atoms with E-state index in [-0.39, 0.29) is 0 Å². The molecule has 0 N–H and O–H groups in total. The quantitative estimate of drug-likeness (QED) is 0.247. The number of aromatic nitrogens is 2. The first-order valence-electron chi connectivity index (χ1n) is 13.7. The van der Waals surface area contributed by atoms with E-state index in [9.17, 15) is 0 Å². The van der Waals surface area contributed by atoms with Crippen molar-refractivity contribution in [1.82, 2.24) is 9.97 Å². The molecule has 186 valence electrons. The van der Waals surface area contributed by atoms with Gasteiger partial charge < -0.3 is 4.74 Å². The van der Waals surface area contributed by atoms with Crippen molar-refractivity contribution in [2.45, 2.75) is 45.4 Å². The molecule has 0 atom stereocenters. The van der Waals surface area contributed by atoms with Gasteiger partial charge >= 0.3 is 0 Å². The fourth-order valence-corrected chi connectivity index (χ4v) is 6.65. The summed E-state index contributed by atoms with van der Waals surface area (Å²) in [6.45, 7) is 6.52. The van der Waals surface area contributed by atoms with Gasteiger partial charge in [-0.25, -0.2) is 9.97 Å². The maximum Gasteiger partial charge on any atom is 0.132 e. The minimum absolute atomic E-state index is 0.464. The van der Waals surface area contributed by atoms with Gasteiger partial charge in [-0.05, 0) is 64.9 Å². The molecule has 2 aliphatic rings. The molecule has 1 spiro atoms. The highest BCUT2D eigenvalue weighted by atomic mass is 16.5. The molecule has 3 heteroatoms. The third-order valence-corrected chi connectivity index (χ3v) is 8.26. The molecule has 0 unspecified atom stereocenters. The van der Waals surface area contributed by atoms with Crippen molar-refractivity contribution in [3.63, 3.8) is 0 Å². The monoisotopic (exact) mass is 494 g/mol. The summed E-state index contributed by atoms with van der Waals surface area (Å²) in [6.07, 6.45) is 2.61. The average Bonchev–Trinajstić information content (AvgIpc) is 3.27. The number of nitrogens with zero attached hydrogens (tertiary/aromatic N) is 2. The summed E-state index contributed by atoms with van der Waals surface area (Å²) in [5.41, 5.74) is 11.6. The molecule has 4 aromatic carbocycles. The Balaban J connectivity index is 1.58. The lowest BCUT2D eigenvalue weighted by molar-refractivity contribution is 0.436. The molecule has 1 aromatic heterocycles. The van der Waals surface area contributed by atoms with E-state index in [0.29, 0.717) is 0 Å². The predicted octanol–water partition coefficient (Wildman–Crippen LogP) is 8.30. The molecule has 0 saturated carbocycles. The minimum atomic E-state index is -0.464. The van der Waals surface area contributed by atoms with Crippen LogP contribution in [0.5, 0.6) is 11.5 Å². The summed E-state index contributed by atoms with van der Waals surface area (Å²) in [5, 5.41) is 0. The van der Waals surface area contributed by atoms with Gasteiger partial charge in [-0.15, -0.1) is 0 Å². The lowest BCUT2D eigenvalue weighted by Crippen LogP contribution is -2.32. The van der Waals surface area contributed by atoms with Crippen LogP contribution in [0.1, 0.15) is 60.1 Å². The van der Waals surface area contributed by atoms with Gasteiger partial charge in [0.05, 0.1) is 11.1 Å². The summed E-state index contributed by atoms with van der Waals surface area (Å²) in [7, 11) is 0. The zero-order chi connectivity index (χ0) is 25.9. The second-order valence-corrected chi connectivity index (χ2v) is 10.1. The van der Waals surface area contributed by atoms with Crippen LogP contribution in [0, 0.1) is 0 Å². The van der Waals surface area contributed by atoms with Gasteiger partial charge in [0.25, 0.3) is 0 Å². The van der Waals surface area contributed by atoms with Crippen molar-refractivity contribution in [3.8, 4) is 33.9 Å². The lowest BCUT2D eigenvalue weighted by Gasteiger charge is -2.39. The van der Waals surface area contributed by atoms with Crippen molar-refractivity contribution in [2.75, 3.05) is 0 Å². The van der Waals surface area contributed by atoms with E-state index >= 15 is 0 Å². The largest absolute Gasteiger partial charge is 0.457 e. The van der Waals surface area contributed by atoms with E-state index in [4.69, 9.17) is 14.7 Å². The summed E-state index contributed by atoms with van der Waals surface area (Å²) < 4.78 is 6.60. The molecule has 1 aliphatic carbocycles. The zero-order valence-electron chi connectivity index (χ0n) is 22.1. The number of para-hydroxylation sites is 1. The van der Waals surface area contributed by atoms with Crippen LogP contribution in [0.25, 0.3) is 22.4 Å². The van der Waals surface area contributed by atoms with Crippen LogP contribution < -0.4 is 4.74 Å². The van der Waals surface area contributed by atoms with Gasteiger partial charge in [-0.3, -0.25) is 0 Å². The SMILES string of the molecule is CCc1nc(CC)c(CC)c(-c2ccc3c(c2)C2(c4ccccc4O3)c3ccccc3-c3ccccc32)n1. The summed E-state index contributed by atoms with van der Waals surface area (Å²) in [4.78, 5) is 9.96. The van der Waals surface area contributed by atoms with Gasteiger partial charge in [0, 0.05) is 28.8 Å². The first kappa shape index (κ1) is 22.9. The van der Waals surface area contributed by atoms with Crippen LogP contribution in [0.2, 0.25) is 0 Å². The Morgan fingerprint density at radius 3 is 1.89 bits per heavy atom. The Kier molecular flexibility index (Phi) is 5.23. The lowest BCUT2D eigenvalue weighted by atomic mass is 9.66. The first-order valence-corrected chi connectivity index (χ1v) is 13.7. The maximum absolute atomic E-state index is 6.60. The highest BCUT2D eigenvalue weighted by Gasteiger charge is 2.51. The molecule has 0 bridgehead atoms. The van der Waals surface area contributed by atoms with Gasteiger partial charge in [0.1, 0.15) is 17.3 Å². The van der Waals surface area contributed by atoms with Gasteiger partial charge in [0.2, 0.25) is 0 Å². The third-order valence-electron chi connectivity index (χ3n) is 8.26. The van der Waals surface area contributed by atoms with Crippen LogP contribution >= 0.6 is 0 Å². The fourth-order valence-electron chi connectivity index (χ4n) is 6.65. The van der Waals surface area contributed by atoms with E-state index in [2.05, 4.69) is 112 Å². The Labute approximate surface area is 224 Å². The van der Waals surface area contributed by atoms with Crippen LogP contribution in [0.4, 0.5) is 0 Å².